The summed E-state index contributed by atoms with van der Waals surface area (Å²) >= 11 is 6.09. The number of anilines is 2. The van der Waals surface area contributed by atoms with Gasteiger partial charge in [-0.15, -0.1) is 0 Å². The highest BCUT2D eigenvalue weighted by Gasteiger charge is 2.25. The Morgan fingerprint density at radius 1 is 1.08 bits per heavy atom. The molecule has 0 spiro atoms. The lowest BCUT2D eigenvalue weighted by molar-refractivity contribution is -0.137. The van der Waals surface area contributed by atoms with Gasteiger partial charge in [-0.25, -0.2) is 19.9 Å². The zero-order chi connectivity index (χ0) is 26.9. The van der Waals surface area contributed by atoms with Crippen molar-refractivity contribution in [2.24, 2.45) is 0 Å². The molecule has 0 aliphatic heterocycles. The van der Waals surface area contributed by atoms with E-state index in [1.807, 2.05) is 15.0 Å². The first-order valence-corrected chi connectivity index (χ1v) is 13.0. The van der Waals surface area contributed by atoms with Gasteiger partial charge in [0.25, 0.3) is 0 Å². The number of imidazole rings is 2. The summed E-state index contributed by atoms with van der Waals surface area (Å²) in [6, 6.07) is 7.27. The second-order valence-electron chi connectivity index (χ2n) is 9.63. The molecule has 3 N–H and O–H groups in total. The number of pyridine rings is 2. The average molecular weight is 545 g/mol. The lowest BCUT2D eigenvalue weighted by atomic mass is 10.1. The predicted molar refractivity (Wildman–Crippen MR) is 145 cm³/mol. The molecule has 1 amide bonds. The summed E-state index contributed by atoms with van der Waals surface area (Å²) in [4.78, 5) is 41.3. The molecule has 1 fully saturated rings. The number of hydrogen-bond acceptors (Lipinski definition) is 7. The lowest BCUT2D eigenvalue weighted by Gasteiger charge is -2.07. The molecule has 0 aromatic carbocycles. The van der Waals surface area contributed by atoms with E-state index in [9.17, 15) is 9.59 Å². The predicted octanol–water partition coefficient (Wildman–Crippen LogP) is 4.11. The Morgan fingerprint density at radius 2 is 1.92 bits per heavy atom. The van der Waals surface area contributed by atoms with Gasteiger partial charge in [-0.2, -0.15) is 0 Å². The second kappa shape index (κ2) is 10.3. The van der Waals surface area contributed by atoms with Crippen molar-refractivity contribution in [3.05, 3.63) is 83.0 Å². The van der Waals surface area contributed by atoms with Crippen LogP contribution in [0.5, 0.6) is 0 Å². The van der Waals surface area contributed by atoms with E-state index >= 15 is 0 Å². The van der Waals surface area contributed by atoms with Gasteiger partial charge in [0, 0.05) is 36.1 Å². The number of aromatic nitrogens is 6. The Hall–Kier alpha value is -4.51. The van der Waals surface area contributed by atoms with Gasteiger partial charge in [0.1, 0.15) is 23.6 Å². The lowest BCUT2D eigenvalue weighted by Crippen LogP contribution is -2.16. The number of nitrogens with one attached hydrogen (secondary N) is 2. The van der Waals surface area contributed by atoms with Crippen molar-refractivity contribution in [2.45, 2.75) is 44.6 Å². The molecule has 0 saturated heterocycles. The molecule has 0 bridgehead atoms. The number of fused-ring (bicyclic) bond motifs is 2. The van der Waals surface area contributed by atoms with Gasteiger partial charge in [-0.1, -0.05) is 17.7 Å². The number of carbonyl (C=O) groups is 2. The third-order valence-corrected chi connectivity index (χ3v) is 6.88. The zero-order valence-corrected chi connectivity index (χ0v) is 21.6. The molecule has 6 rings (SSSR count). The van der Waals surface area contributed by atoms with Crippen molar-refractivity contribution in [3.8, 4) is 0 Å². The summed E-state index contributed by atoms with van der Waals surface area (Å²) in [5.41, 5.74) is 5.10. The van der Waals surface area contributed by atoms with E-state index in [4.69, 9.17) is 21.7 Å². The van der Waals surface area contributed by atoms with Crippen LogP contribution in [-0.2, 0) is 29.0 Å². The van der Waals surface area contributed by atoms with Crippen molar-refractivity contribution in [3.63, 3.8) is 0 Å². The number of carbonyl (C=O) groups excluding carboxylic acids is 1. The van der Waals surface area contributed by atoms with Gasteiger partial charge in [0.05, 0.1) is 36.2 Å². The zero-order valence-electron chi connectivity index (χ0n) is 20.8. The number of carboxylic acids is 1. The third kappa shape index (κ3) is 5.68. The highest BCUT2D eigenvalue weighted by molar-refractivity contribution is 6.30. The maximum atomic E-state index is 12.7. The van der Waals surface area contributed by atoms with Gasteiger partial charge in [0.15, 0.2) is 0 Å². The molecule has 12 heteroatoms. The van der Waals surface area contributed by atoms with Crippen molar-refractivity contribution in [1.29, 1.82) is 0 Å². The standard InChI is InChI=1S/C27H25ClN8O3/c28-19-5-6-35-15-32-21(22(35)8-19)9-25(37)34-24-10-23(30-14-31-24)29-11-20-13-36-12-18(16-1-2-16)7-17(27(36)33-20)3-4-26(38)39/h5-8,10,12-16H,1-4,9,11H2,(H,38,39)(H2,29,30,31,34,37). The Bertz CT molecular complexity index is 1710. The monoisotopic (exact) mass is 544 g/mol. The van der Waals surface area contributed by atoms with E-state index in [0.29, 0.717) is 41.2 Å². The number of halogens is 1. The van der Waals surface area contributed by atoms with Crippen molar-refractivity contribution >= 4 is 46.3 Å². The number of rotatable bonds is 10. The molecule has 0 radical (unpaired) electrons. The molecule has 0 unspecified atom stereocenters. The van der Waals surface area contributed by atoms with Crippen LogP contribution in [0.1, 0.15) is 47.7 Å². The summed E-state index contributed by atoms with van der Waals surface area (Å²) in [7, 11) is 0. The Kier molecular flexibility index (Phi) is 6.57. The van der Waals surface area contributed by atoms with E-state index in [1.54, 1.807) is 30.7 Å². The molecular formula is C27H25ClN8O3. The fourth-order valence-corrected chi connectivity index (χ4v) is 4.75. The third-order valence-electron chi connectivity index (χ3n) is 6.65. The number of hydrogen-bond donors (Lipinski definition) is 3. The molecule has 0 atom stereocenters. The Labute approximate surface area is 227 Å². The Morgan fingerprint density at radius 3 is 2.74 bits per heavy atom. The van der Waals surface area contributed by atoms with Crippen LogP contribution in [0, 0.1) is 0 Å². The number of carboxylic acid groups (broad SMARTS) is 1. The highest BCUT2D eigenvalue weighted by atomic mass is 35.5. The number of aryl methyl sites for hydroxylation is 1. The molecular weight excluding hydrogens is 520 g/mol. The van der Waals surface area contributed by atoms with Crippen LogP contribution < -0.4 is 10.6 Å². The van der Waals surface area contributed by atoms with Crippen LogP contribution in [0.4, 0.5) is 11.6 Å². The van der Waals surface area contributed by atoms with Gasteiger partial charge in [-0.3, -0.25) is 9.59 Å². The normalized spacial score (nSPS) is 13.2. The smallest absolute Gasteiger partial charge is 0.303 e. The molecule has 198 valence electrons. The van der Waals surface area contributed by atoms with Crippen molar-refractivity contribution in [1.82, 2.24) is 28.7 Å². The van der Waals surface area contributed by atoms with Crippen LogP contribution in [0.25, 0.3) is 11.2 Å². The molecule has 11 nitrogen and oxygen atoms in total. The van der Waals surface area contributed by atoms with Crippen LogP contribution in [0.15, 0.2) is 55.5 Å². The van der Waals surface area contributed by atoms with Gasteiger partial charge in [0.2, 0.25) is 5.91 Å². The molecule has 5 aromatic heterocycles. The first kappa shape index (κ1) is 24.8. The van der Waals surface area contributed by atoms with E-state index < -0.39 is 5.97 Å². The van der Waals surface area contributed by atoms with Crippen LogP contribution >= 0.6 is 11.6 Å². The van der Waals surface area contributed by atoms with Crippen LogP contribution in [-0.4, -0.2) is 45.7 Å². The summed E-state index contributed by atoms with van der Waals surface area (Å²) < 4.78 is 3.79. The minimum absolute atomic E-state index is 0.0599. The molecule has 5 aromatic rings. The summed E-state index contributed by atoms with van der Waals surface area (Å²) in [5.74, 6) is 0.343. The summed E-state index contributed by atoms with van der Waals surface area (Å²) in [5, 5.41) is 15.8. The van der Waals surface area contributed by atoms with E-state index in [1.165, 1.54) is 11.9 Å². The summed E-state index contributed by atoms with van der Waals surface area (Å²) in [6.07, 6.45) is 11.7. The fraction of sp³-hybridized carbons (Fsp3) is 0.259. The first-order chi connectivity index (χ1) is 18.9. The molecule has 1 aliphatic carbocycles. The van der Waals surface area contributed by atoms with Gasteiger partial charge in [-0.05, 0) is 48.4 Å². The summed E-state index contributed by atoms with van der Waals surface area (Å²) in [6.45, 7) is 0.393. The first-order valence-electron chi connectivity index (χ1n) is 12.6. The number of amides is 1. The van der Waals surface area contributed by atoms with Crippen LogP contribution in [0.2, 0.25) is 5.02 Å². The largest absolute Gasteiger partial charge is 0.481 e. The SMILES string of the molecule is O=C(O)CCc1cc(C2CC2)cn2cc(CNc3cc(NC(=O)Cc4ncn5ccc(Cl)cc45)ncn3)nc12. The fourth-order valence-electron chi connectivity index (χ4n) is 4.59. The minimum atomic E-state index is -0.826. The quantitative estimate of drug-likeness (QED) is 0.239. The van der Waals surface area contributed by atoms with Crippen molar-refractivity contribution < 1.29 is 14.7 Å². The maximum Gasteiger partial charge on any atom is 0.303 e. The maximum absolute atomic E-state index is 12.7. The highest BCUT2D eigenvalue weighted by Crippen LogP contribution is 2.40. The number of nitrogens with zero attached hydrogens (tertiary/aromatic N) is 6. The van der Waals surface area contributed by atoms with Gasteiger partial charge >= 0.3 is 5.97 Å². The minimum Gasteiger partial charge on any atom is -0.481 e. The number of aliphatic carboxylic acids is 1. The average Bonchev–Trinajstić information content (AvgIpc) is 3.57. The molecule has 1 saturated carbocycles. The van der Waals surface area contributed by atoms with Crippen LogP contribution in [0.3, 0.4) is 0 Å². The molecule has 39 heavy (non-hydrogen) atoms. The van der Waals surface area contributed by atoms with Crippen molar-refractivity contribution in [2.75, 3.05) is 10.6 Å². The van der Waals surface area contributed by atoms with Gasteiger partial charge < -0.3 is 24.5 Å². The van der Waals surface area contributed by atoms with E-state index in [-0.39, 0.29) is 18.7 Å². The topological polar surface area (TPSA) is 139 Å². The second-order valence-corrected chi connectivity index (χ2v) is 10.1. The van der Waals surface area contributed by atoms with E-state index in [2.05, 4.69) is 37.8 Å². The Balaban J connectivity index is 1.13. The molecule has 1 aliphatic rings. The molecule has 5 heterocycles. The van der Waals surface area contributed by atoms with E-state index in [0.717, 1.165) is 35.3 Å².